The van der Waals surface area contributed by atoms with Crippen LogP contribution < -0.4 is 5.32 Å². The highest BCUT2D eigenvalue weighted by Crippen LogP contribution is 2.03. The molecule has 2 nitrogen and oxygen atoms in total. The second-order valence-corrected chi connectivity index (χ2v) is 3.93. The van der Waals surface area contributed by atoms with E-state index in [1.807, 2.05) is 6.07 Å². The molecule has 0 aromatic heterocycles. The molecule has 1 aromatic rings. The van der Waals surface area contributed by atoms with Gasteiger partial charge in [-0.05, 0) is 5.56 Å². The average molecular weight is 192 g/mol. The standard InChI is InChI=1S/C12H17NO/c1-2-5-11(6-3-1)9-14-10-12-7-4-8-13-12/h1-3,5-6,12-13H,4,7-10H2/p+1/t12-/m1/s1. The second-order valence-electron chi connectivity index (χ2n) is 3.93. The number of quaternary nitrogens is 1. The largest absolute Gasteiger partial charge is 0.371 e. The van der Waals surface area contributed by atoms with E-state index >= 15 is 0 Å². The molecule has 0 bridgehead atoms. The van der Waals surface area contributed by atoms with Crippen molar-refractivity contribution in [1.82, 2.24) is 0 Å². The van der Waals surface area contributed by atoms with E-state index in [2.05, 4.69) is 29.6 Å². The van der Waals surface area contributed by atoms with Gasteiger partial charge in [-0.1, -0.05) is 30.3 Å². The number of benzene rings is 1. The van der Waals surface area contributed by atoms with Gasteiger partial charge in [0.15, 0.2) is 0 Å². The molecular formula is C12H18NO+. The first-order valence-corrected chi connectivity index (χ1v) is 5.40. The Balaban J connectivity index is 1.67. The molecular weight excluding hydrogens is 174 g/mol. The van der Waals surface area contributed by atoms with Crippen molar-refractivity contribution >= 4 is 0 Å². The van der Waals surface area contributed by atoms with Crippen molar-refractivity contribution in [3.63, 3.8) is 0 Å². The Morgan fingerprint density at radius 2 is 2.14 bits per heavy atom. The van der Waals surface area contributed by atoms with E-state index in [4.69, 9.17) is 4.74 Å². The molecule has 0 radical (unpaired) electrons. The third kappa shape index (κ3) is 2.82. The Morgan fingerprint density at radius 3 is 2.86 bits per heavy atom. The fraction of sp³-hybridized carbons (Fsp3) is 0.500. The van der Waals surface area contributed by atoms with Crippen LogP contribution in [0.1, 0.15) is 18.4 Å². The van der Waals surface area contributed by atoms with E-state index in [-0.39, 0.29) is 0 Å². The minimum absolute atomic E-state index is 0.707. The Kier molecular flexibility index (Phi) is 3.55. The highest BCUT2D eigenvalue weighted by Gasteiger charge is 2.17. The molecule has 1 aliphatic rings. The van der Waals surface area contributed by atoms with Crippen LogP contribution >= 0.6 is 0 Å². The van der Waals surface area contributed by atoms with E-state index in [9.17, 15) is 0 Å². The van der Waals surface area contributed by atoms with Crippen molar-refractivity contribution in [1.29, 1.82) is 0 Å². The first-order chi connectivity index (χ1) is 6.95. The van der Waals surface area contributed by atoms with Crippen LogP contribution in [0.3, 0.4) is 0 Å². The summed E-state index contributed by atoms with van der Waals surface area (Å²) < 4.78 is 5.67. The summed E-state index contributed by atoms with van der Waals surface area (Å²) in [6.07, 6.45) is 2.66. The molecule has 1 heterocycles. The molecule has 0 aliphatic carbocycles. The zero-order valence-corrected chi connectivity index (χ0v) is 8.49. The van der Waals surface area contributed by atoms with Crippen molar-refractivity contribution in [3.8, 4) is 0 Å². The lowest BCUT2D eigenvalue weighted by atomic mass is 10.2. The zero-order valence-electron chi connectivity index (χ0n) is 8.49. The lowest BCUT2D eigenvalue weighted by Crippen LogP contribution is -2.87. The van der Waals surface area contributed by atoms with E-state index in [0.717, 1.165) is 13.2 Å². The Hall–Kier alpha value is -0.860. The molecule has 1 fully saturated rings. The molecule has 1 aliphatic heterocycles. The topological polar surface area (TPSA) is 25.8 Å². The Morgan fingerprint density at radius 1 is 1.29 bits per heavy atom. The number of hydrogen-bond donors (Lipinski definition) is 1. The zero-order chi connectivity index (χ0) is 9.64. The predicted molar refractivity (Wildman–Crippen MR) is 55.9 cm³/mol. The smallest absolute Gasteiger partial charge is 0.110 e. The van der Waals surface area contributed by atoms with E-state index < -0.39 is 0 Å². The van der Waals surface area contributed by atoms with Gasteiger partial charge in [-0.25, -0.2) is 0 Å². The summed E-state index contributed by atoms with van der Waals surface area (Å²) in [4.78, 5) is 0. The highest BCUT2D eigenvalue weighted by molar-refractivity contribution is 5.13. The van der Waals surface area contributed by atoms with E-state index in [1.54, 1.807) is 0 Å². The molecule has 0 unspecified atom stereocenters. The Labute approximate surface area is 85.3 Å². The predicted octanol–water partition coefficient (Wildman–Crippen LogP) is 0.929. The number of nitrogens with two attached hydrogens (primary N) is 1. The summed E-state index contributed by atoms with van der Waals surface area (Å²) in [5.41, 5.74) is 1.27. The summed E-state index contributed by atoms with van der Waals surface area (Å²) in [5.74, 6) is 0. The fourth-order valence-electron chi connectivity index (χ4n) is 1.91. The van der Waals surface area contributed by atoms with Gasteiger partial charge in [0.05, 0.1) is 19.8 Å². The molecule has 14 heavy (non-hydrogen) atoms. The van der Waals surface area contributed by atoms with Crippen molar-refractivity contribution in [2.75, 3.05) is 13.2 Å². The molecule has 0 amide bonds. The summed E-state index contributed by atoms with van der Waals surface area (Å²) in [7, 11) is 0. The highest BCUT2D eigenvalue weighted by atomic mass is 16.5. The van der Waals surface area contributed by atoms with E-state index in [1.165, 1.54) is 24.9 Å². The van der Waals surface area contributed by atoms with Crippen molar-refractivity contribution in [2.24, 2.45) is 0 Å². The van der Waals surface area contributed by atoms with Crippen molar-refractivity contribution in [3.05, 3.63) is 35.9 Å². The number of hydrogen-bond acceptors (Lipinski definition) is 1. The van der Waals surface area contributed by atoms with Crippen LogP contribution in [0, 0.1) is 0 Å². The van der Waals surface area contributed by atoms with Crippen LogP contribution in [0.15, 0.2) is 30.3 Å². The lowest BCUT2D eigenvalue weighted by molar-refractivity contribution is -0.671. The Bertz CT molecular complexity index is 254. The number of ether oxygens (including phenoxy) is 1. The third-order valence-corrected chi connectivity index (χ3v) is 2.72. The monoisotopic (exact) mass is 192 g/mol. The average Bonchev–Trinajstić information content (AvgIpc) is 2.72. The van der Waals surface area contributed by atoms with Gasteiger partial charge in [0.25, 0.3) is 0 Å². The van der Waals surface area contributed by atoms with Crippen LogP contribution in [0.5, 0.6) is 0 Å². The second kappa shape index (κ2) is 5.13. The first kappa shape index (κ1) is 9.69. The first-order valence-electron chi connectivity index (χ1n) is 5.40. The van der Waals surface area contributed by atoms with Crippen LogP contribution in [0.2, 0.25) is 0 Å². The minimum Gasteiger partial charge on any atom is -0.371 e. The molecule has 76 valence electrons. The molecule has 1 aromatic carbocycles. The van der Waals surface area contributed by atoms with Gasteiger partial charge in [0.2, 0.25) is 0 Å². The van der Waals surface area contributed by atoms with Gasteiger partial charge < -0.3 is 10.1 Å². The van der Waals surface area contributed by atoms with Gasteiger partial charge in [0.1, 0.15) is 6.04 Å². The summed E-state index contributed by atoms with van der Waals surface area (Å²) in [6, 6.07) is 11.1. The van der Waals surface area contributed by atoms with Crippen LogP contribution in [-0.2, 0) is 11.3 Å². The lowest BCUT2D eigenvalue weighted by Gasteiger charge is -2.07. The maximum atomic E-state index is 5.67. The van der Waals surface area contributed by atoms with Gasteiger partial charge in [-0.2, -0.15) is 0 Å². The normalized spacial score (nSPS) is 21.3. The summed E-state index contributed by atoms with van der Waals surface area (Å²) in [6.45, 7) is 2.93. The molecule has 1 saturated heterocycles. The van der Waals surface area contributed by atoms with Crippen LogP contribution in [-0.4, -0.2) is 19.2 Å². The minimum atomic E-state index is 0.707. The van der Waals surface area contributed by atoms with Crippen LogP contribution in [0.4, 0.5) is 0 Å². The maximum absolute atomic E-state index is 5.67. The summed E-state index contributed by atoms with van der Waals surface area (Å²) >= 11 is 0. The molecule has 2 heteroatoms. The SMILES string of the molecule is c1ccc(COC[C@H]2CCC[NH2+]2)cc1. The van der Waals surface area contributed by atoms with Gasteiger partial charge in [-0.3, -0.25) is 0 Å². The van der Waals surface area contributed by atoms with Gasteiger partial charge in [-0.15, -0.1) is 0 Å². The molecule has 0 spiro atoms. The summed E-state index contributed by atoms with van der Waals surface area (Å²) in [5, 5.41) is 2.39. The van der Waals surface area contributed by atoms with Gasteiger partial charge in [0, 0.05) is 12.8 Å². The number of rotatable bonds is 4. The molecule has 2 N–H and O–H groups in total. The van der Waals surface area contributed by atoms with E-state index in [0.29, 0.717) is 6.04 Å². The van der Waals surface area contributed by atoms with Crippen LogP contribution in [0.25, 0.3) is 0 Å². The third-order valence-electron chi connectivity index (χ3n) is 2.72. The fourth-order valence-corrected chi connectivity index (χ4v) is 1.91. The quantitative estimate of drug-likeness (QED) is 0.754. The molecule has 0 saturated carbocycles. The van der Waals surface area contributed by atoms with Crippen molar-refractivity contribution in [2.45, 2.75) is 25.5 Å². The van der Waals surface area contributed by atoms with Crippen molar-refractivity contribution < 1.29 is 10.1 Å². The molecule has 2 rings (SSSR count). The maximum Gasteiger partial charge on any atom is 0.110 e. The van der Waals surface area contributed by atoms with Gasteiger partial charge >= 0.3 is 0 Å². The molecule has 1 atom stereocenters.